The van der Waals surface area contributed by atoms with Crippen LogP contribution in [-0.4, -0.2) is 48.7 Å². The summed E-state index contributed by atoms with van der Waals surface area (Å²) in [5, 5.41) is 0. The third-order valence-electron chi connectivity index (χ3n) is 5.25. The molecule has 0 bridgehead atoms. The summed E-state index contributed by atoms with van der Waals surface area (Å²) in [6, 6.07) is 19.3. The van der Waals surface area contributed by atoms with Crippen LogP contribution >= 0.6 is 0 Å². The molecule has 0 amide bonds. The van der Waals surface area contributed by atoms with Crippen LogP contribution < -0.4 is 0 Å². The molecule has 0 radical (unpaired) electrons. The Morgan fingerprint density at radius 2 is 1.56 bits per heavy atom. The minimum atomic E-state index is -0.357. The fraction of sp³-hybridized carbons (Fsp3) is 0.346. The molecule has 6 nitrogen and oxygen atoms in total. The fourth-order valence-corrected chi connectivity index (χ4v) is 3.44. The van der Waals surface area contributed by atoms with Gasteiger partial charge in [0.1, 0.15) is 19.8 Å². The molecule has 1 aliphatic heterocycles. The predicted molar refractivity (Wildman–Crippen MR) is 124 cm³/mol. The van der Waals surface area contributed by atoms with E-state index < -0.39 is 0 Å². The Hall–Kier alpha value is -3.25. The lowest BCUT2D eigenvalue weighted by molar-refractivity contribution is -0.146. The fourth-order valence-electron chi connectivity index (χ4n) is 3.44. The first-order valence-electron chi connectivity index (χ1n) is 10.9. The van der Waals surface area contributed by atoms with Gasteiger partial charge in [-0.1, -0.05) is 72.8 Å². The molecule has 1 heterocycles. The van der Waals surface area contributed by atoms with Gasteiger partial charge in [-0.05, 0) is 24.5 Å². The lowest BCUT2D eigenvalue weighted by Crippen LogP contribution is -2.39. The van der Waals surface area contributed by atoms with Crippen LogP contribution in [0.4, 0.5) is 0 Å². The van der Waals surface area contributed by atoms with Crippen molar-refractivity contribution in [2.24, 2.45) is 10.9 Å². The van der Waals surface area contributed by atoms with E-state index in [1.54, 1.807) is 6.21 Å². The molecular weight excluding hydrogens is 404 g/mol. The van der Waals surface area contributed by atoms with Crippen LogP contribution in [0, 0.1) is 5.92 Å². The number of nitrogens with zero attached hydrogens (tertiary/aromatic N) is 2. The van der Waals surface area contributed by atoms with E-state index in [0.717, 1.165) is 17.5 Å². The van der Waals surface area contributed by atoms with Gasteiger partial charge in [-0.2, -0.15) is 0 Å². The Labute approximate surface area is 189 Å². The number of esters is 2. The number of ether oxygens (including phenoxy) is 2. The number of benzene rings is 2. The maximum Gasteiger partial charge on any atom is 0.328 e. The molecule has 32 heavy (non-hydrogen) atoms. The summed E-state index contributed by atoms with van der Waals surface area (Å²) >= 11 is 0. The van der Waals surface area contributed by atoms with Crippen LogP contribution in [0.3, 0.4) is 0 Å². The Bertz CT molecular complexity index is 912. The predicted octanol–water partition coefficient (Wildman–Crippen LogP) is 3.81. The van der Waals surface area contributed by atoms with Gasteiger partial charge in [0, 0.05) is 24.7 Å². The summed E-state index contributed by atoms with van der Waals surface area (Å²) in [5.41, 5.74) is 1.91. The minimum absolute atomic E-state index is 0.0122. The van der Waals surface area contributed by atoms with Crippen LogP contribution in [-0.2, 0) is 32.3 Å². The van der Waals surface area contributed by atoms with E-state index in [1.165, 1.54) is 0 Å². The Morgan fingerprint density at radius 3 is 2.19 bits per heavy atom. The van der Waals surface area contributed by atoms with E-state index in [4.69, 9.17) is 9.47 Å². The van der Waals surface area contributed by atoms with Gasteiger partial charge in [-0.15, -0.1) is 0 Å². The van der Waals surface area contributed by atoms with E-state index >= 15 is 0 Å². The lowest BCUT2D eigenvalue weighted by Gasteiger charge is -2.26. The second-order valence-electron chi connectivity index (χ2n) is 7.88. The molecule has 6 heteroatoms. The summed E-state index contributed by atoms with van der Waals surface area (Å²) in [6.45, 7) is 3.44. The summed E-state index contributed by atoms with van der Waals surface area (Å²) in [7, 11) is 0. The number of allylic oxidation sites excluding steroid dienone is 1. The van der Waals surface area contributed by atoms with E-state index in [9.17, 15) is 9.59 Å². The molecule has 0 aliphatic carbocycles. The van der Waals surface area contributed by atoms with Gasteiger partial charge < -0.3 is 9.47 Å². The van der Waals surface area contributed by atoms with Crippen molar-refractivity contribution >= 4 is 18.2 Å². The Balaban J connectivity index is 1.43. The molecule has 0 fully saturated rings. The van der Waals surface area contributed by atoms with Crippen LogP contribution in [0.15, 0.2) is 77.8 Å². The van der Waals surface area contributed by atoms with Crippen molar-refractivity contribution in [3.63, 3.8) is 0 Å². The topological polar surface area (TPSA) is 68.2 Å². The summed E-state index contributed by atoms with van der Waals surface area (Å²) in [6.07, 6.45) is 6.80. The lowest BCUT2D eigenvalue weighted by atomic mass is 10.1. The highest BCUT2D eigenvalue weighted by Crippen LogP contribution is 2.15. The average molecular weight is 435 g/mol. The van der Waals surface area contributed by atoms with E-state index in [-0.39, 0.29) is 50.2 Å². The maximum atomic E-state index is 12.4. The van der Waals surface area contributed by atoms with Gasteiger partial charge in [0.2, 0.25) is 0 Å². The van der Waals surface area contributed by atoms with Crippen molar-refractivity contribution < 1.29 is 19.1 Å². The Morgan fingerprint density at radius 1 is 0.969 bits per heavy atom. The van der Waals surface area contributed by atoms with Crippen molar-refractivity contribution in [2.75, 3.05) is 19.6 Å². The Kier molecular flexibility index (Phi) is 9.20. The molecule has 2 atom stereocenters. The normalized spacial score (nSPS) is 18.9. The molecule has 0 spiro atoms. The zero-order valence-electron chi connectivity index (χ0n) is 18.4. The van der Waals surface area contributed by atoms with Gasteiger partial charge >= 0.3 is 11.9 Å². The number of hydrogen-bond donors (Lipinski definition) is 0. The standard InChI is InChI=1S/C26H30N2O4/c1-21-9-8-14-24(15-27-16-25(29)31-19-22-10-4-2-5-11-22)17-28(21)18-26(30)32-20-23-12-6-3-7-13-23/h2-13,15,21,24H,14,16-20H2,1H3/t21-,24+/m0/s1. The number of carbonyl (C=O) groups excluding carboxylic acids is 2. The van der Waals surface area contributed by atoms with Crippen molar-refractivity contribution in [1.29, 1.82) is 0 Å². The number of hydrogen-bond acceptors (Lipinski definition) is 6. The van der Waals surface area contributed by atoms with E-state index in [2.05, 4.69) is 29.0 Å². The van der Waals surface area contributed by atoms with Gasteiger partial charge in [0.15, 0.2) is 0 Å². The second kappa shape index (κ2) is 12.6. The quantitative estimate of drug-likeness (QED) is 0.341. The first-order chi connectivity index (χ1) is 15.6. The highest BCUT2D eigenvalue weighted by Gasteiger charge is 2.22. The molecule has 0 unspecified atom stereocenters. The molecular formula is C26H30N2O4. The smallest absolute Gasteiger partial charge is 0.328 e. The van der Waals surface area contributed by atoms with Gasteiger partial charge in [0.05, 0.1) is 6.54 Å². The SMILES string of the molecule is C[C@H]1C=CC[C@H](C=NCC(=O)OCc2ccccc2)CN1CC(=O)OCc1ccccc1. The molecule has 1 aliphatic rings. The van der Waals surface area contributed by atoms with Crippen molar-refractivity contribution in [3.8, 4) is 0 Å². The van der Waals surface area contributed by atoms with Crippen molar-refractivity contribution in [1.82, 2.24) is 4.90 Å². The van der Waals surface area contributed by atoms with Gasteiger partial charge in [-0.25, -0.2) is 0 Å². The van der Waals surface area contributed by atoms with Gasteiger partial charge in [0.25, 0.3) is 0 Å². The summed E-state index contributed by atoms with van der Waals surface area (Å²) in [4.78, 5) is 30.7. The van der Waals surface area contributed by atoms with Crippen LogP contribution in [0.5, 0.6) is 0 Å². The molecule has 0 saturated heterocycles. The molecule has 0 saturated carbocycles. The molecule has 0 N–H and O–H groups in total. The molecule has 0 aromatic heterocycles. The largest absolute Gasteiger partial charge is 0.460 e. The number of aliphatic imine (C=N–C) groups is 1. The first-order valence-corrected chi connectivity index (χ1v) is 10.9. The van der Waals surface area contributed by atoms with Gasteiger partial charge in [-0.3, -0.25) is 19.5 Å². The summed E-state index contributed by atoms with van der Waals surface area (Å²) in [5.74, 6) is -0.500. The average Bonchev–Trinajstić information content (AvgIpc) is 2.98. The van der Waals surface area contributed by atoms with Crippen molar-refractivity contribution in [2.45, 2.75) is 32.6 Å². The minimum Gasteiger partial charge on any atom is -0.460 e. The van der Waals surface area contributed by atoms with Crippen LogP contribution in [0.25, 0.3) is 0 Å². The zero-order valence-corrected chi connectivity index (χ0v) is 18.4. The molecule has 3 rings (SSSR count). The summed E-state index contributed by atoms with van der Waals surface area (Å²) < 4.78 is 10.7. The van der Waals surface area contributed by atoms with Crippen LogP contribution in [0.1, 0.15) is 24.5 Å². The van der Waals surface area contributed by atoms with Crippen molar-refractivity contribution in [3.05, 3.63) is 83.9 Å². The highest BCUT2D eigenvalue weighted by molar-refractivity contribution is 5.75. The third-order valence-corrected chi connectivity index (χ3v) is 5.25. The van der Waals surface area contributed by atoms with Crippen LogP contribution in [0.2, 0.25) is 0 Å². The first kappa shape index (κ1) is 23.4. The third kappa shape index (κ3) is 8.12. The van der Waals surface area contributed by atoms with E-state index in [1.807, 2.05) is 60.7 Å². The molecule has 2 aromatic rings. The maximum absolute atomic E-state index is 12.4. The zero-order chi connectivity index (χ0) is 22.6. The molecule has 2 aromatic carbocycles. The number of rotatable bonds is 9. The number of carbonyl (C=O) groups is 2. The highest BCUT2D eigenvalue weighted by atomic mass is 16.5. The van der Waals surface area contributed by atoms with E-state index in [0.29, 0.717) is 6.54 Å². The monoisotopic (exact) mass is 434 g/mol. The second-order valence-corrected chi connectivity index (χ2v) is 7.88. The molecule has 168 valence electrons.